The van der Waals surface area contributed by atoms with Crippen molar-refractivity contribution in [3.63, 3.8) is 0 Å². The molecular weight excluding hydrogens is 130 g/mol. The molecule has 4 nitrogen and oxygen atoms in total. The fraction of sp³-hybridized carbons (Fsp3) is 0.500. The monoisotopic (exact) mass is 137 g/mol. The highest BCUT2D eigenvalue weighted by molar-refractivity contribution is 4.86. The zero-order valence-corrected chi connectivity index (χ0v) is 5.66. The van der Waals surface area contributed by atoms with Crippen LogP contribution in [0.25, 0.3) is 0 Å². The minimum absolute atomic E-state index is 0.432. The Hall–Kier alpha value is -1.37. The van der Waals surface area contributed by atoms with Gasteiger partial charge in [-0.3, -0.25) is 0 Å². The second-order valence-corrected chi connectivity index (χ2v) is 1.89. The fourth-order valence-corrected chi connectivity index (χ4v) is 0.604. The van der Waals surface area contributed by atoms with Gasteiger partial charge in [0.25, 0.3) is 0 Å². The van der Waals surface area contributed by atoms with E-state index in [2.05, 4.69) is 10.1 Å². The lowest BCUT2D eigenvalue weighted by atomic mass is 10.3. The summed E-state index contributed by atoms with van der Waals surface area (Å²) >= 11 is 0. The summed E-state index contributed by atoms with van der Waals surface area (Å²) in [6.07, 6.45) is 0.985. The lowest BCUT2D eigenvalue weighted by Crippen LogP contribution is -1.82. The Morgan fingerprint density at radius 3 is 3.00 bits per heavy atom. The van der Waals surface area contributed by atoms with Crippen LogP contribution in [-0.4, -0.2) is 10.1 Å². The summed E-state index contributed by atoms with van der Waals surface area (Å²) in [7, 11) is 0. The van der Waals surface area contributed by atoms with Crippen molar-refractivity contribution < 1.29 is 4.52 Å². The Morgan fingerprint density at radius 2 is 2.50 bits per heavy atom. The molecule has 1 aromatic heterocycles. The van der Waals surface area contributed by atoms with Gasteiger partial charge in [0, 0.05) is 12.8 Å². The first-order chi connectivity index (χ1) is 4.83. The largest absolute Gasteiger partial charge is 0.339 e. The minimum atomic E-state index is 0.432. The van der Waals surface area contributed by atoms with Gasteiger partial charge in [-0.1, -0.05) is 5.16 Å². The van der Waals surface area contributed by atoms with Crippen LogP contribution >= 0.6 is 0 Å². The highest BCUT2D eigenvalue weighted by Gasteiger charge is 1.99. The molecule has 0 bridgehead atoms. The summed E-state index contributed by atoms with van der Waals surface area (Å²) in [5.41, 5.74) is 0. The molecule has 52 valence electrons. The highest BCUT2D eigenvalue weighted by Crippen LogP contribution is 1.98. The van der Waals surface area contributed by atoms with Gasteiger partial charge < -0.3 is 4.52 Å². The van der Waals surface area contributed by atoms with Gasteiger partial charge in [0.05, 0.1) is 6.07 Å². The molecule has 0 aliphatic heterocycles. The summed E-state index contributed by atoms with van der Waals surface area (Å²) in [5, 5.41) is 11.8. The van der Waals surface area contributed by atoms with E-state index >= 15 is 0 Å². The second kappa shape index (κ2) is 2.97. The summed E-state index contributed by atoms with van der Waals surface area (Å²) in [6.45, 7) is 1.75. The Labute approximate surface area is 58.5 Å². The van der Waals surface area contributed by atoms with E-state index < -0.39 is 0 Å². The lowest BCUT2D eigenvalue weighted by molar-refractivity contribution is 0.376. The van der Waals surface area contributed by atoms with Crippen molar-refractivity contribution in [3.8, 4) is 6.07 Å². The van der Waals surface area contributed by atoms with Gasteiger partial charge in [-0.15, -0.1) is 0 Å². The number of hydrogen-bond donors (Lipinski definition) is 0. The minimum Gasteiger partial charge on any atom is -0.339 e. The van der Waals surface area contributed by atoms with Crippen LogP contribution < -0.4 is 0 Å². The maximum Gasteiger partial charge on any atom is 0.227 e. The maximum atomic E-state index is 8.19. The SMILES string of the molecule is Cc1noc(CCC#N)n1. The predicted molar refractivity (Wildman–Crippen MR) is 33.0 cm³/mol. The standard InChI is InChI=1S/C6H7N3O/c1-5-8-6(10-9-5)3-2-4-7/h2-3H2,1H3. The van der Waals surface area contributed by atoms with Crippen LogP contribution in [0, 0.1) is 18.3 Å². The summed E-state index contributed by atoms with van der Waals surface area (Å²) in [4.78, 5) is 3.92. The molecule has 1 rings (SSSR count). The van der Waals surface area contributed by atoms with Crippen LogP contribution in [0.5, 0.6) is 0 Å². The van der Waals surface area contributed by atoms with Crippen LogP contribution in [0.2, 0.25) is 0 Å². The van der Waals surface area contributed by atoms with E-state index in [1.54, 1.807) is 6.92 Å². The molecule has 0 aliphatic rings. The van der Waals surface area contributed by atoms with Crippen molar-refractivity contribution in [3.05, 3.63) is 11.7 Å². The summed E-state index contributed by atoms with van der Waals surface area (Å²) in [6, 6.07) is 2.00. The van der Waals surface area contributed by atoms with Gasteiger partial charge in [-0.05, 0) is 6.92 Å². The van der Waals surface area contributed by atoms with Crippen molar-refractivity contribution >= 4 is 0 Å². The third kappa shape index (κ3) is 1.55. The van der Waals surface area contributed by atoms with Crippen LogP contribution in [-0.2, 0) is 6.42 Å². The van der Waals surface area contributed by atoms with Crippen LogP contribution in [0.4, 0.5) is 0 Å². The molecule has 0 aliphatic carbocycles. The van der Waals surface area contributed by atoms with Crippen molar-refractivity contribution in [2.24, 2.45) is 0 Å². The van der Waals surface area contributed by atoms with Gasteiger partial charge in [-0.2, -0.15) is 10.2 Å². The van der Waals surface area contributed by atoms with E-state index in [1.807, 2.05) is 6.07 Å². The smallest absolute Gasteiger partial charge is 0.227 e. The number of aromatic nitrogens is 2. The Bertz CT molecular complexity index is 248. The van der Waals surface area contributed by atoms with E-state index in [0.717, 1.165) is 0 Å². The molecule has 0 aromatic carbocycles. The summed E-state index contributed by atoms with van der Waals surface area (Å²) < 4.78 is 4.75. The molecule has 1 heterocycles. The number of hydrogen-bond acceptors (Lipinski definition) is 4. The number of nitrogens with zero attached hydrogens (tertiary/aromatic N) is 3. The molecule has 4 heteroatoms. The second-order valence-electron chi connectivity index (χ2n) is 1.89. The highest BCUT2D eigenvalue weighted by atomic mass is 16.5. The van der Waals surface area contributed by atoms with Gasteiger partial charge >= 0.3 is 0 Å². The van der Waals surface area contributed by atoms with Crippen LogP contribution in [0.15, 0.2) is 4.52 Å². The molecule has 0 N–H and O–H groups in total. The third-order valence-corrected chi connectivity index (χ3v) is 1.02. The zero-order chi connectivity index (χ0) is 7.40. The molecule has 0 atom stereocenters. The zero-order valence-electron chi connectivity index (χ0n) is 5.66. The molecule has 1 aromatic rings. The molecule has 0 unspecified atom stereocenters. The maximum absolute atomic E-state index is 8.19. The van der Waals surface area contributed by atoms with E-state index in [-0.39, 0.29) is 0 Å². The first kappa shape index (κ1) is 6.75. The van der Waals surface area contributed by atoms with Crippen LogP contribution in [0.3, 0.4) is 0 Å². The summed E-state index contributed by atoms with van der Waals surface area (Å²) in [5.74, 6) is 1.16. The van der Waals surface area contributed by atoms with E-state index in [9.17, 15) is 0 Å². The molecular formula is C6H7N3O. The van der Waals surface area contributed by atoms with Gasteiger partial charge in [-0.25, -0.2) is 0 Å². The first-order valence-corrected chi connectivity index (χ1v) is 2.99. The average Bonchev–Trinajstić information content (AvgIpc) is 2.31. The van der Waals surface area contributed by atoms with Crippen molar-refractivity contribution in [2.45, 2.75) is 19.8 Å². The number of nitriles is 1. The predicted octanol–water partition coefficient (Wildman–Crippen LogP) is 0.834. The Kier molecular flexibility index (Phi) is 2.00. The van der Waals surface area contributed by atoms with Gasteiger partial charge in [0.2, 0.25) is 5.89 Å². The number of rotatable bonds is 2. The average molecular weight is 137 g/mol. The molecule has 0 radical (unpaired) electrons. The Morgan fingerprint density at radius 1 is 1.70 bits per heavy atom. The lowest BCUT2D eigenvalue weighted by Gasteiger charge is -1.80. The molecule has 0 fully saturated rings. The van der Waals surface area contributed by atoms with Crippen molar-refractivity contribution in [1.82, 2.24) is 10.1 Å². The molecule has 0 saturated carbocycles. The van der Waals surface area contributed by atoms with Crippen molar-refractivity contribution in [2.75, 3.05) is 0 Å². The first-order valence-electron chi connectivity index (χ1n) is 2.99. The molecule has 0 spiro atoms. The third-order valence-electron chi connectivity index (χ3n) is 1.02. The normalized spacial score (nSPS) is 9.20. The van der Waals surface area contributed by atoms with Gasteiger partial charge in [0.1, 0.15) is 0 Å². The fourth-order valence-electron chi connectivity index (χ4n) is 0.604. The quantitative estimate of drug-likeness (QED) is 0.605. The molecule has 10 heavy (non-hydrogen) atoms. The van der Waals surface area contributed by atoms with Crippen molar-refractivity contribution in [1.29, 1.82) is 5.26 Å². The number of aryl methyl sites for hydroxylation is 2. The van der Waals surface area contributed by atoms with E-state index in [1.165, 1.54) is 0 Å². The van der Waals surface area contributed by atoms with Gasteiger partial charge in [0.15, 0.2) is 5.82 Å². The Balaban J connectivity index is 2.52. The topological polar surface area (TPSA) is 62.7 Å². The van der Waals surface area contributed by atoms with E-state index in [4.69, 9.17) is 9.78 Å². The van der Waals surface area contributed by atoms with Crippen LogP contribution in [0.1, 0.15) is 18.1 Å². The molecule has 0 saturated heterocycles. The van der Waals surface area contributed by atoms with E-state index in [0.29, 0.717) is 24.6 Å². The molecule has 0 amide bonds.